The Kier molecular flexibility index (Phi) is 7.29. The topological polar surface area (TPSA) is 27.7 Å². The van der Waals surface area contributed by atoms with Crippen LogP contribution >= 0.6 is 0 Å². The van der Waals surface area contributed by atoms with Gasteiger partial charge in [0.1, 0.15) is 0 Å². The first-order valence-corrected chi connectivity index (χ1v) is 13.2. The van der Waals surface area contributed by atoms with Gasteiger partial charge in [-0.1, -0.05) is 87.5 Å². The van der Waals surface area contributed by atoms with Gasteiger partial charge in [0.05, 0.1) is 38.6 Å². The third-order valence-electron chi connectivity index (χ3n) is 7.75. The quantitative estimate of drug-likeness (QED) is 0.400. The van der Waals surface area contributed by atoms with Gasteiger partial charge >= 0.3 is 0 Å². The summed E-state index contributed by atoms with van der Waals surface area (Å²) in [5.74, 6) is 0. The van der Waals surface area contributed by atoms with Crippen molar-refractivity contribution >= 4 is 0 Å². The molecule has 2 atom stereocenters. The van der Waals surface area contributed by atoms with Crippen LogP contribution < -0.4 is 0 Å². The molecular formula is C32H40O3. The van der Waals surface area contributed by atoms with Gasteiger partial charge in [0.15, 0.2) is 0 Å². The van der Waals surface area contributed by atoms with E-state index in [1.165, 1.54) is 29.5 Å². The summed E-state index contributed by atoms with van der Waals surface area (Å²) in [6.07, 6.45) is 8.45. The molecule has 186 valence electrons. The first-order chi connectivity index (χ1) is 16.9. The van der Waals surface area contributed by atoms with E-state index in [9.17, 15) is 0 Å². The Morgan fingerprint density at radius 3 is 2.06 bits per heavy atom. The lowest BCUT2D eigenvalue weighted by molar-refractivity contribution is -0.0498. The molecule has 0 radical (unpaired) electrons. The van der Waals surface area contributed by atoms with Gasteiger partial charge in [-0.15, -0.1) is 0 Å². The minimum Gasteiger partial charge on any atom is -0.376 e. The van der Waals surface area contributed by atoms with Crippen LogP contribution in [0.5, 0.6) is 0 Å². The molecule has 3 aliphatic rings. The molecule has 0 amide bonds. The molecule has 3 heteroatoms. The second-order valence-electron chi connectivity index (χ2n) is 11.8. The fourth-order valence-electron chi connectivity index (χ4n) is 5.96. The lowest BCUT2D eigenvalue weighted by atomic mass is 9.67. The first-order valence-electron chi connectivity index (χ1n) is 13.2. The molecule has 0 spiro atoms. The summed E-state index contributed by atoms with van der Waals surface area (Å²) in [4.78, 5) is 0. The minimum atomic E-state index is -0.0533. The highest BCUT2D eigenvalue weighted by atomic mass is 16.5. The number of rotatable bonds is 8. The van der Waals surface area contributed by atoms with E-state index < -0.39 is 0 Å². The van der Waals surface area contributed by atoms with Crippen LogP contribution in [0.3, 0.4) is 0 Å². The van der Waals surface area contributed by atoms with Crippen molar-refractivity contribution < 1.29 is 14.2 Å². The molecule has 0 aromatic heterocycles. The van der Waals surface area contributed by atoms with Gasteiger partial charge in [-0.3, -0.25) is 0 Å². The lowest BCUT2D eigenvalue weighted by Gasteiger charge is -2.46. The van der Waals surface area contributed by atoms with Crippen LogP contribution in [-0.4, -0.2) is 25.4 Å². The molecule has 2 aromatic carbocycles. The van der Waals surface area contributed by atoms with Crippen molar-refractivity contribution in [3.05, 3.63) is 94.6 Å². The molecule has 0 N–H and O–H groups in total. The van der Waals surface area contributed by atoms with Crippen molar-refractivity contribution in [1.29, 1.82) is 0 Å². The van der Waals surface area contributed by atoms with E-state index in [4.69, 9.17) is 14.2 Å². The Hall–Kier alpha value is -2.20. The Labute approximate surface area is 211 Å². The third kappa shape index (κ3) is 5.63. The zero-order valence-corrected chi connectivity index (χ0v) is 21.6. The Morgan fingerprint density at radius 1 is 0.886 bits per heavy atom. The summed E-state index contributed by atoms with van der Waals surface area (Å²) in [7, 11) is 0. The van der Waals surface area contributed by atoms with Gasteiger partial charge in [-0.25, -0.2) is 0 Å². The molecule has 2 aromatic rings. The van der Waals surface area contributed by atoms with Crippen molar-refractivity contribution in [1.82, 2.24) is 0 Å². The predicted molar refractivity (Wildman–Crippen MR) is 141 cm³/mol. The molecule has 3 nitrogen and oxygen atoms in total. The average molecular weight is 473 g/mol. The van der Waals surface area contributed by atoms with Crippen LogP contribution in [0.4, 0.5) is 0 Å². The van der Waals surface area contributed by atoms with Gasteiger partial charge in [-0.05, 0) is 65.4 Å². The fourth-order valence-corrected chi connectivity index (χ4v) is 5.96. The minimum absolute atomic E-state index is 0.0533. The number of hydrogen-bond acceptors (Lipinski definition) is 3. The molecule has 0 bridgehead atoms. The summed E-state index contributed by atoms with van der Waals surface area (Å²) in [5.41, 5.74) is 7.00. The standard InChI is InChI=1S/C32H40O3/c1-31(2,3)30-27-17-18-32(22-33-20-24-11-6-4-7-12-24,23-34-21-25-13-8-5-9-14-25)19-28(27)26-15-10-16-29(26)35-30/h4-9,11-14,17,29-30H,10,15-16,18-23H2,1-3H3/t29-,30+/m1/s1. The van der Waals surface area contributed by atoms with Crippen molar-refractivity contribution in [2.75, 3.05) is 13.2 Å². The van der Waals surface area contributed by atoms with E-state index in [0.717, 1.165) is 19.3 Å². The van der Waals surface area contributed by atoms with E-state index in [1.54, 1.807) is 11.1 Å². The first kappa shape index (κ1) is 24.5. The van der Waals surface area contributed by atoms with Crippen LogP contribution in [0.15, 0.2) is 83.5 Å². The largest absolute Gasteiger partial charge is 0.376 e. The fraction of sp³-hybridized carbons (Fsp3) is 0.500. The molecule has 35 heavy (non-hydrogen) atoms. The van der Waals surface area contributed by atoms with Crippen LogP contribution in [0.25, 0.3) is 0 Å². The smallest absolute Gasteiger partial charge is 0.0880 e. The Balaban J connectivity index is 1.38. The molecule has 1 saturated carbocycles. The Bertz CT molecular complexity index is 1000. The van der Waals surface area contributed by atoms with Crippen molar-refractivity contribution in [2.45, 2.75) is 78.3 Å². The van der Waals surface area contributed by atoms with Gasteiger partial charge in [0, 0.05) is 5.41 Å². The van der Waals surface area contributed by atoms with Crippen LogP contribution in [0, 0.1) is 10.8 Å². The molecule has 0 saturated heterocycles. The normalized spacial score (nSPS) is 23.6. The summed E-state index contributed by atoms with van der Waals surface area (Å²) in [6.45, 7) is 9.60. The maximum absolute atomic E-state index is 6.70. The van der Waals surface area contributed by atoms with E-state index >= 15 is 0 Å². The summed E-state index contributed by atoms with van der Waals surface area (Å²) in [6, 6.07) is 21.0. The zero-order chi connectivity index (χ0) is 24.3. The molecule has 2 aliphatic carbocycles. The molecule has 1 heterocycles. The van der Waals surface area contributed by atoms with E-state index in [-0.39, 0.29) is 23.0 Å². The molecular weight excluding hydrogens is 432 g/mol. The summed E-state index contributed by atoms with van der Waals surface area (Å²) < 4.78 is 19.5. The molecule has 1 fully saturated rings. The highest BCUT2D eigenvalue weighted by Gasteiger charge is 2.46. The molecule has 5 rings (SSSR count). The van der Waals surface area contributed by atoms with Crippen LogP contribution in [-0.2, 0) is 27.4 Å². The SMILES string of the molecule is CC(C)(C)[C@H]1O[C@@H]2CCCC2=C2CC(COCc3ccccc3)(COCc3ccccc3)CC=C21. The number of ether oxygens (including phenoxy) is 3. The monoisotopic (exact) mass is 472 g/mol. The number of allylic oxidation sites excluding steroid dienone is 1. The van der Waals surface area contributed by atoms with E-state index in [1.807, 2.05) is 0 Å². The number of hydrogen-bond donors (Lipinski definition) is 0. The maximum Gasteiger partial charge on any atom is 0.0880 e. The van der Waals surface area contributed by atoms with E-state index in [2.05, 4.69) is 87.5 Å². The van der Waals surface area contributed by atoms with Crippen molar-refractivity contribution in [3.8, 4) is 0 Å². The summed E-state index contributed by atoms with van der Waals surface area (Å²) >= 11 is 0. The van der Waals surface area contributed by atoms with E-state index in [0.29, 0.717) is 26.4 Å². The predicted octanol–water partition coefficient (Wildman–Crippen LogP) is 7.42. The zero-order valence-electron chi connectivity index (χ0n) is 21.6. The number of fused-ring (bicyclic) bond motifs is 2. The molecule has 0 unspecified atom stereocenters. The van der Waals surface area contributed by atoms with Gasteiger partial charge in [0.25, 0.3) is 0 Å². The number of benzene rings is 2. The summed E-state index contributed by atoms with van der Waals surface area (Å²) in [5, 5.41) is 0. The van der Waals surface area contributed by atoms with Gasteiger partial charge < -0.3 is 14.2 Å². The Morgan fingerprint density at radius 2 is 1.49 bits per heavy atom. The second-order valence-corrected chi connectivity index (χ2v) is 11.8. The van der Waals surface area contributed by atoms with Crippen molar-refractivity contribution in [3.63, 3.8) is 0 Å². The van der Waals surface area contributed by atoms with Crippen molar-refractivity contribution in [2.24, 2.45) is 10.8 Å². The van der Waals surface area contributed by atoms with Crippen LogP contribution in [0.1, 0.15) is 64.0 Å². The second kappa shape index (κ2) is 10.4. The molecule has 1 aliphatic heterocycles. The highest BCUT2D eigenvalue weighted by Crippen LogP contribution is 2.51. The van der Waals surface area contributed by atoms with Gasteiger partial charge in [-0.2, -0.15) is 0 Å². The maximum atomic E-state index is 6.70. The van der Waals surface area contributed by atoms with Crippen LogP contribution in [0.2, 0.25) is 0 Å². The lowest BCUT2D eigenvalue weighted by Crippen LogP contribution is -2.43. The van der Waals surface area contributed by atoms with Gasteiger partial charge in [0.2, 0.25) is 0 Å². The highest BCUT2D eigenvalue weighted by molar-refractivity contribution is 5.47. The average Bonchev–Trinajstić information content (AvgIpc) is 3.34. The third-order valence-corrected chi connectivity index (χ3v) is 7.75.